The van der Waals surface area contributed by atoms with Crippen molar-refractivity contribution in [3.05, 3.63) is 101 Å². The average Bonchev–Trinajstić information content (AvgIpc) is 3.17. The minimum Gasteiger partial charge on any atom is -0.508 e. The smallest absolute Gasteiger partial charge is 0.318 e. The van der Waals surface area contributed by atoms with Gasteiger partial charge in [-0.2, -0.15) is 0 Å². The minimum atomic E-state index is -0.523. The zero-order valence-electron chi connectivity index (χ0n) is 22.5. The van der Waals surface area contributed by atoms with Gasteiger partial charge in [0.05, 0.1) is 6.61 Å². The highest BCUT2D eigenvalue weighted by Crippen LogP contribution is 2.39. The second-order valence-corrected chi connectivity index (χ2v) is 10.6. The molecule has 3 aromatic rings. The predicted molar refractivity (Wildman–Crippen MR) is 149 cm³/mol. The number of hydrogen-bond donors (Lipinski definition) is 1. The van der Waals surface area contributed by atoms with Gasteiger partial charge in [-0.05, 0) is 60.6 Å². The summed E-state index contributed by atoms with van der Waals surface area (Å²) in [6, 6.07) is 25.9. The fourth-order valence-corrected chi connectivity index (χ4v) is 6.09. The molecular weight excluding hydrogens is 490 g/mol. The molecule has 0 radical (unpaired) electrons. The summed E-state index contributed by atoms with van der Waals surface area (Å²) in [7, 11) is 0. The number of hydrogen-bond acceptors (Lipinski definition) is 6. The van der Waals surface area contributed by atoms with Crippen LogP contribution < -0.4 is 0 Å². The molecule has 0 aliphatic carbocycles. The monoisotopic (exact) mass is 527 g/mol. The molecule has 2 fully saturated rings. The Labute approximate surface area is 230 Å². The van der Waals surface area contributed by atoms with E-state index < -0.39 is 5.92 Å². The quantitative estimate of drug-likeness (QED) is 0.338. The van der Waals surface area contributed by atoms with Crippen LogP contribution in [0.3, 0.4) is 0 Å². The average molecular weight is 528 g/mol. The number of phenols is 1. The molecule has 0 spiro atoms. The number of esters is 2. The maximum Gasteiger partial charge on any atom is 0.318 e. The first-order valence-corrected chi connectivity index (χ1v) is 14.0. The molecule has 3 aromatic carbocycles. The summed E-state index contributed by atoms with van der Waals surface area (Å²) in [5.74, 6) is -0.734. The third-order valence-electron chi connectivity index (χ3n) is 8.03. The van der Waals surface area contributed by atoms with Crippen LogP contribution in [-0.4, -0.2) is 46.7 Å². The topological polar surface area (TPSA) is 76.1 Å². The lowest BCUT2D eigenvalue weighted by Crippen LogP contribution is -2.45. The SMILES string of the molecule is CCOC(=O)CCc1ccc(CN2C3CCC2CC(OC(=O)C(c2ccccc2)c2ccc(O)cc2)C3)cc1. The maximum atomic E-state index is 13.5. The third-order valence-corrected chi connectivity index (χ3v) is 8.03. The van der Waals surface area contributed by atoms with Gasteiger partial charge in [-0.3, -0.25) is 14.5 Å². The van der Waals surface area contributed by atoms with Gasteiger partial charge >= 0.3 is 11.9 Å². The number of ether oxygens (including phenoxy) is 2. The highest BCUT2D eigenvalue weighted by atomic mass is 16.5. The van der Waals surface area contributed by atoms with Crippen LogP contribution in [0.5, 0.6) is 5.75 Å². The Bertz CT molecular complexity index is 1230. The number of nitrogens with zero attached hydrogens (tertiary/aromatic N) is 1. The van der Waals surface area contributed by atoms with E-state index in [0.717, 1.165) is 48.9 Å². The fraction of sp³-hybridized carbons (Fsp3) is 0.394. The van der Waals surface area contributed by atoms with E-state index in [1.807, 2.05) is 37.3 Å². The lowest BCUT2D eigenvalue weighted by atomic mass is 9.91. The molecule has 2 bridgehead atoms. The minimum absolute atomic E-state index is 0.0974. The summed E-state index contributed by atoms with van der Waals surface area (Å²) < 4.78 is 11.2. The Morgan fingerprint density at radius 3 is 2.13 bits per heavy atom. The van der Waals surface area contributed by atoms with Crippen molar-refractivity contribution in [1.29, 1.82) is 0 Å². The van der Waals surface area contributed by atoms with Crippen LogP contribution in [0.1, 0.15) is 67.2 Å². The van der Waals surface area contributed by atoms with Crippen molar-refractivity contribution in [2.24, 2.45) is 0 Å². The molecule has 0 saturated carbocycles. The van der Waals surface area contributed by atoms with E-state index in [0.29, 0.717) is 31.5 Å². The highest BCUT2D eigenvalue weighted by molar-refractivity contribution is 5.82. The van der Waals surface area contributed by atoms with Crippen LogP contribution in [-0.2, 0) is 32.0 Å². The Balaban J connectivity index is 1.20. The lowest BCUT2D eigenvalue weighted by Gasteiger charge is -2.39. The summed E-state index contributed by atoms with van der Waals surface area (Å²) in [4.78, 5) is 27.8. The molecule has 39 heavy (non-hydrogen) atoms. The largest absolute Gasteiger partial charge is 0.508 e. The number of carbonyl (C=O) groups is 2. The van der Waals surface area contributed by atoms with E-state index >= 15 is 0 Å². The van der Waals surface area contributed by atoms with E-state index in [-0.39, 0.29) is 23.8 Å². The molecular formula is C33H37NO5. The first-order chi connectivity index (χ1) is 19.0. The molecule has 0 aromatic heterocycles. The van der Waals surface area contributed by atoms with Crippen molar-refractivity contribution in [1.82, 2.24) is 4.90 Å². The first kappa shape index (κ1) is 26.9. The summed E-state index contributed by atoms with van der Waals surface area (Å²) in [6.45, 7) is 3.13. The van der Waals surface area contributed by atoms with Crippen LogP contribution in [0.15, 0.2) is 78.9 Å². The Hall–Kier alpha value is -3.64. The standard InChI is InChI=1S/C33H37NO5/c1-2-38-31(36)19-12-23-8-10-24(11-9-23)22-34-27-15-16-28(34)21-30(20-27)39-33(37)32(25-6-4-3-5-7-25)26-13-17-29(35)18-14-26/h3-11,13-14,17-18,27-28,30,32,35H,2,12,15-16,19-22H2,1H3. The van der Waals surface area contributed by atoms with Crippen LogP contribution in [0.25, 0.3) is 0 Å². The van der Waals surface area contributed by atoms with Crippen LogP contribution >= 0.6 is 0 Å². The van der Waals surface area contributed by atoms with Gasteiger partial charge in [0.15, 0.2) is 0 Å². The number of carbonyl (C=O) groups excluding carboxylic acids is 2. The Morgan fingerprint density at radius 1 is 0.872 bits per heavy atom. The van der Waals surface area contributed by atoms with Gasteiger partial charge in [0, 0.05) is 37.9 Å². The normalized spacial score (nSPS) is 21.3. The van der Waals surface area contributed by atoms with E-state index in [1.165, 1.54) is 5.56 Å². The molecule has 6 heteroatoms. The molecule has 2 aliphatic heterocycles. The van der Waals surface area contributed by atoms with Crippen molar-refractivity contribution in [3.63, 3.8) is 0 Å². The second-order valence-electron chi connectivity index (χ2n) is 10.6. The van der Waals surface area contributed by atoms with Crippen molar-refractivity contribution in [2.45, 2.75) is 76.1 Å². The van der Waals surface area contributed by atoms with Gasteiger partial charge in [0.25, 0.3) is 0 Å². The number of aromatic hydroxyl groups is 1. The highest BCUT2D eigenvalue weighted by Gasteiger charge is 2.42. The molecule has 204 valence electrons. The fourth-order valence-electron chi connectivity index (χ4n) is 6.09. The van der Waals surface area contributed by atoms with Crippen molar-refractivity contribution < 1.29 is 24.2 Å². The van der Waals surface area contributed by atoms with E-state index in [4.69, 9.17) is 9.47 Å². The molecule has 1 N–H and O–H groups in total. The maximum absolute atomic E-state index is 13.5. The van der Waals surface area contributed by atoms with Gasteiger partial charge in [0.2, 0.25) is 0 Å². The van der Waals surface area contributed by atoms with E-state index in [1.54, 1.807) is 24.3 Å². The van der Waals surface area contributed by atoms with Crippen molar-refractivity contribution >= 4 is 11.9 Å². The van der Waals surface area contributed by atoms with Crippen molar-refractivity contribution in [3.8, 4) is 5.75 Å². The molecule has 5 rings (SSSR count). The number of piperidine rings is 1. The Kier molecular flexibility index (Phi) is 8.62. The van der Waals surface area contributed by atoms with Crippen molar-refractivity contribution in [2.75, 3.05) is 6.61 Å². The van der Waals surface area contributed by atoms with Gasteiger partial charge in [-0.1, -0.05) is 66.7 Å². The van der Waals surface area contributed by atoms with Gasteiger partial charge < -0.3 is 14.6 Å². The number of fused-ring (bicyclic) bond motifs is 2. The summed E-state index contributed by atoms with van der Waals surface area (Å²) in [5.41, 5.74) is 4.11. The summed E-state index contributed by atoms with van der Waals surface area (Å²) in [6.07, 6.45) is 4.93. The molecule has 2 aliphatic rings. The Morgan fingerprint density at radius 2 is 1.49 bits per heavy atom. The molecule has 6 nitrogen and oxygen atoms in total. The van der Waals surface area contributed by atoms with Crippen LogP contribution in [0, 0.1) is 0 Å². The first-order valence-electron chi connectivity index (χ1n) is 14.0. The third kappa shape index (κ3) is 6.69. The predicted octanol–water partition coefficient (Wildman–Crippen LogP) is 5.76. The number of benzene rings is 3. The van der Waals surface area contributed by atoms with Crippen LogP contribution in [0.4, 0.5) is 0 Å². The number of phenolic OH excluding ortho intramolecular Hbond substituents is 1. The number of aryl methyl sites for hydroxylation is 1. The molecule has 2 heterocycles. The summed E-state index contributed by atoms with van der Waals surface area (Å²) >= 11 is 0. The van der Waals surface area contributed by atoms with E-state index in [2.05, 4.69) is 29.2 Å². The molecule has 2 saturated heterocycles. The molecule has 3 atom stereocenters. The molecule has 0 amide bonds. The zero-order chi connectivity index (χ0) is 27.2. The zero-order valence-corrected chi connectivity index (χ0v) is 22.5. The van der Waals surface area contributed by atoms with Gasteiger partial charge in [-0.15, -0.1) is 0 Å². The molecule has 3 unspecified atom stereocenters. The lowest BCUT2D eigenvalue weighted by molar-refractivity contribution is -0.153. The van der Waals surface area contributed by atoms with E-state index in [9.17, 15) is 14.7 Å². The summed E-state index contributed by atoms with van der Waals surface area (Å²) in [5, 5.41) is 9.74. The van der Waals surface area contributed by atoms with Gasteiger partial charge in [-0.25, -0.2) is 0 Å². The number of rotatable bonds is 10. The van der Waals surface area contributed by atoms with Gasteiger partial charge in [0.1, 0.15) is 17.8 Å². The second kappa shape index (κ2) is 12.5. The van der Waals surface area contributed by atoms with Crippen LogP contribution in [0.2, 0.25) is 0 Å².